The highest BCUT2D eigenvalue weighted by Crippen LogP contribution is 2.25. The van der Waals surface area contributed by atoms with Crippen LogP contribution in [0.2, 0.25) is 0 Å². The first-order chi connectivity index (χ1) is 8.70. The highest BCUT2D eigenvalue weighted by Gasteiger charge is 2.26. The van der Waals surface area contributed by atoms with E-state index in [1.807, 2.05) is 0 Å². The zero-order chi connectivity index (χ0) is 13.0. The maximum atomic E-state index is 3.57. The van der Waals surface area contributed by atoms with Gasteiger partial charge in [-0.25, -0.2) is 0 Å². The fraction of sp³-hybridized carbons (Fsp3) is 0.625. The normalized spacial score (nSPS) is 15.3. The number of aryl methyl sites for hydroxylation is 2. The molecule has 1 aromatic rings. The highest BCUT2D eigenvalue weighted by atomic mass is 15.2. The topological polar surface area (TPSA) is 15.3 Å². The summed E-state index contributed by atoms with van der Waals surface area (Å²) >= 11 is 0. The third kappa shape index (κ3) is 3.82. The molecule has 100 valence electrons. The Morgan fingerprint density at radius 2 is 2.06 bits per heavy atom. The Hall–Kier alpha value is -0.860. The molecule has 1 saturated carbocycles. The van der Waals surface area contributed by atoms with Crippen molar-refractivity contribution in [2.24, 2.45) is 0 Å². The van der Waals surface area contributed by atoms with Crippen LogP contribution in [-0.4, -0.2) is 30.6 Å². The third-order valence-electron chi connectivity index (χ3n) is 3.86. The van der Waals surface area contributed by atoms with E-state index in [9.17, 15) is 0 Å². The first kappa shape index (κ1) is 13.6. The molecular formula is C16H26N2. The van der Waals surface area contributed by atoms with Gasteiger partial charge in [-0.15, -0.1) is 0 Å². The number of benzene rings is 1. The van der Waals surface area contributed by atoms with Crippen LogP contribution in [0.5, 0.6) is 0 Å². The lowest BCUT2D eigenvalue weighted by molar-refractivity contribution is 0.277. The first-order valence-electron chi connectivity index (χ1n) is 7.21. The Morgan fingerprint density at radius 1 is 1.28 bits per heavy atom. The van der Waals surface area contributed by atoms with Crippen molar-refractivity contribution in [3.05, 3.63) is 34.9 Å². The Morgan fingerprint density at radius 3 is 2.67 bits per heavy atom. The van der Waals surface area contributed by atoms with E-state index in [-0.39, 0.29) is 0 Å². The van der Waals surface area contributed by atoms with Gasteiger partial charge in [-0.05, 0) is 44.4 Å². The molecule has 2 rings (SSSR count). The van der Waals surface area contributed by atoms with Crippen molar-refractivity contribution in [3.8, 4) is 0 Å². The van der Waals surface area contributed by atoms with Gasteiger partial charge in [0.2, 0.25) is 0 Å². The Labute approximate surface area is 111 Å². The molecule has 0 radical (unpaired) electrons. The molecule has 1 fully saturated rings. The molecule has 18 heavy (non-hydrogen) atoms. The zero-order valence-electron chi connectivity index (χ0n) is 12.0. The van der Waals surface area contributed by atoms with Crippen LogP contribution in [0, 0.1) is 13.8 Å². The summed E-state index contributed by atoms with van der Waals surface area (Å²) in [4.78, 5) is 2.59. The molecule has 1 aliphatic rings. The van der Waals surface area contributed by atoms with Gasteiger partial charge in [-0.3, -0.25) is 4.90 Å². The Bertz CT molecular complexity index is 383. The largest absolute Gasteiger partial charge is 0.311 e. The summed E-state index contributed by atoms with van der Waals surface area (Å²) in [5.74, 6) is 0. The lowest BCUT2D eigenvalue weighted by Crippen LogP contribution is -2.33. The minimum absolute atomic E-state index is 0.887. The van der Waals surface area contributed by atoms with Crippen LogP contribution in [0.15, 0.2) is 18.2 Å². The van der Waals surface area contributed by atoms with Crippen molar-refractivity contribution < 1.29 is 0 Å². The van der Waals surface area contributed by atoms with Crippen LogP contribution in [0.3, 0.4) is 0 Å². The monoisotopic (exact) mass is 246 g/mol. The smallest absolute Gasteiger partial charge is 0.0208 e. The molecule has 0 amide bonds. The van der Waals surface area contributed by atoms with E-state index in [4.69, 9.17) is 0 Å². The van der Waals surface area contributed by atoms with Gasteiger partial charge in [0, 0.05) is 25.7 Å². The van der Waals surface area contributed by atoms with Gasteiger partial charge >= 0.3 is 0 Å². The molecule has 0 aromatic heterocycles. The number of nitrogens with one attached hydrogen (secondary N) is 1. The van der Waals surface area contributed by atoms with Gasteiger partial charge in [0.05, 0.1) is 0 Å². The maximum absolute atomic E-state index is 3.57. The molecular weight excluding hydrogens is 220 g/mol. The van der Waals surface area contributed by atoms with Crippen LogP contribution in [-0.2, 0) is 6.54 Å². The van der Waals surface area contributed by atoms with E-state index in [0.717, 1.165) is 19.1 Å². The van der Waals surface area contributed by atoms with Gasteiger partial charge in [0.1, 0.15) is 0 Å². The molecule has 0 heterocycles. The van der Waals surface area contributed by atoms with Crippen LogP contribution in [0.25, 0.3) is 0 Å². The van der Waals surface area contributed by atoms with Gasteiger partial charge in [0.25, 0.3) is 0 Å². The Balaban J connectivity index is 1.71. The second kappa shape index (κ2) is 6.35. The van der Waals surface area contributed by atoms with Crippen molar-refractivity contribution in [1.82, 2.24) is 10.2 Å². The van der Waals surface area contributed by atoms with Gasteiger partial charge < -0.3 is 5.32 Å². The summed E-state index contributed by atoms with van der Waals surface area (Å²) in [6.45, 7) is 11.1. The van der Waals surface area contributed by atoms with E-state index < -0.39 is 0 Å². The Kier molecular flexibility index (Phi) is 4.79. The molecule has 2 heteroatoms. The molecule has 0 saturated heterocycles. The molecule has 1 N–H and O–H groups in total. The quantitative estimate of drug-likeness (QED) is 0.744. The van der Waals surface area contributed by atoms with Gasteiger partial charge in [0.15, 0.2) is 0 Å². The number of hydrogen-bond acceptors (Lipinski definition) is 2. The summed E-state index contributed by atoms with van der Waals surface area (Å²) in [6, 6.07) is 7.60. The lowest BCUT2D eigenvalue weighted by atomic mass is 10.1. The number of rotatable bonds is 7. The van der Waals surface area contributed by atoms with Gasteiger partial charge in [-0.2, -0.15) is 0 Å². The first-order valence-corrected chi connectivity index (χ1v) is 7.21. The van der Waals surface area contributed by atoms with Crippen LogP contribution < -0.4 is 5.32 Å². The van der Waals surface area contributed by atoms with Crippen molar-refractivity contribution in [1.29, 1.82) is 0 Å². The van der Waals surface area contributed by atoms with Crippen molar-refractivity contribution in [2.45, 2.75) is 46.2 Å². The fourth-order valence-corrected chi connectivity index (χ4v) is 2.53. The second-order valence-electron chi connectivity index (χ2n) is 5.47. The van der Waals surface area contributed by atoms with E-state index in [2.05, 4.69) is 49.2 Å². The lowest BCUT2D eigenvalue weighted by Gasteiger charge is -2.20. The SMILES string of the molecule is CCN(CCNCc1ccc(C)cc1C)C1CC1. The number of likely N-dealkylation sites (N-methyl/N-ethyl adjacent to an activating group) is 1. The van der Waals surface area contributed by atoms with E-state index >= 15 is 0 Å². The molecule has 0 aliphatic heterocycles. The summed E-state index contributed by atoms with van der Waals surface area (Å²) < 4.78 is 0. The van der Waals surface area contributed by atoms with Crippen molar-refractivity contribution in [3.63, 3.8) is 0 Å². The molecule has 0 atom stereocenters. The minimum Gasteiger partial charge on any atom is -0.311 e. The summed E-state index contributed by atoms with van der Waals surface area (Å²) in [7, 11) is 0. The standard InChI is InChI=1S/C16H26N2/c1-4-18(16-7-8-16)10-9-17-12-15-6-5-13(2)11-14(15)3/h5-6,11,16-17H,4,7-10,12H2,1-3H3. The average molecular weight is 246 g/mol. The number of nitrogens with zero attached hydrogens (tertiary/aromatic N) is 1. The van der Waals surface area contributed by atoms with E-state index in [1.165, 1.54) is 42.6 Å². The molecule has 0 unspecified atom stereocenters. The summed E-state index contributed by atoms with van der Waals surface area (Å²) in [5.41, 5.74) is 4.18. The van der Waals surface area contributed by atoms with Crippen LogP contribution >= 0.6 is 0 Å². The van der Waals surface area contributed by atoms with Crippen LogP contribution in [0.4, 0.5) is 0 Å². The molecule has 1 aliphatic carbocycles. The highest BCUT2D eigenvalue weighted by molar-refractivity contribution is 5.30. The molecule has 0 bridgehead atoms. The summed E-state index contributed by atoms with van der Waals surface area (Å²) in [5, 5.41) is 3.57. The molecule has 1 aromatic carbocycles. The predicted octanol–water partition coefficient (Wildman–Crippen LogP) is 2.88. The van der Waals surface area contributed by atoms with Gasteiger partial charge in [-0.1, -0.05) is 30.7 Å². The minimum atomic E-state index is 0.887. The zero-order valence-corrected chi connectivity index (χ0v) is 12.0. The van der Waals surface area contributed by atoms with Crippen molar-refractivity contribution in [2.75, 3.05) is 19.6 Å². The molecule has 0 spiro atoms. The second-order valence-corrected chi connectivity index (χ2v) is 5.47. The van der Waals surface area contributed by atoms with E-state index in [0.29, 0.717) is 0 Å². The average Bonchev–Trinajstić information content (AvgIpc) is 3.16. The summed E-state index contributed by atoms with van der Waals surface area (Å²) in [6.07, 6.45) is 2.82. The predicted molar refractivity (Wildman–Crippen MR) is 77.9 cm³/mol. The van der Waals surface area contributed by atoms with Crippen LogP contribution in [0.1, 0.15) is 36.5 Å². The third-order valence-corrected chi connectivity index (χ3v) is 3.86. The maximum Gasteiger partial charge on any atom is 0.0208 e. The molecule has 2 nitrogen and oxygen atoms in total. The van der Waals surface area contributed by atoms with Crippen molar-refractivity contribution >= 4 is 0 Å². The number of hydrogen-bond donors (Lipinski definition) is 1. The van der Waals surface area contributed by atoms with E-state index in [1.54, 1.807) is 0 Å². The fourth-order valence-electron chi connectivity index (χ4n) is 2.53.